The first-order chi connectivity index (χ1) is 10.1. The topological polar surface area (TPSA) is 83.4 Å². The molecular formula is C12H13F2N3O3S. The molecule has 0 spiro atoms. The predicted octanol–water partition coefficient (Wildman–Crippen LogP) is 2.43. The van der Waals surface area contributed by atoms with Gasteiger partial charge in [-0.15, -0.1) is 10.2 Å². The van der Waals surface area contributed by atoms with Crippen molar-refractivity contribution in [2.24, 2.45) is 5.73 Å². The molecule has 0 unspecified atom stereocenters. The van der Waals surface area contributed by atoms with Crippen molar-refractivity contribution in [1.29, 1.82) is 0 Å². The number of hydrogen-bond acceptors (Lipinski definition) is 7. The highest BCUT2D eigenvalue weighted by atomic mass is 32.2. The molecule has 0 atom stereocenters. The predicted molar refractivity (Wildman–Crippen MR) is 71.4 cm³/mol. The number of methoxy groups -OCH3 is 1. The van der Waals surface area contributed by atoms with Gasteiger partial charge in [0.05, 0.1) is 13.7 Å². The van der Waals surface area contributed by atoms with E-state index in [1.807, 2.05) is 0 Å². The van der Waals surface area contributed by atoms with Gasteiger partial charge in [0.2, 0.25) is 5.89 Å². The molecule has 9 heteroatoms. The van der Waals surface area contributed by atoms with E-state index in [-0.39, 0.29) is 18.0 Å². The van der Waals surface area contributed by atoms with Gasteiger partial charge in [-0.1, -0.05) is 17.8 Å². The van der Waals surface area contributed by atoms with Crippen LogP contribution >= 0.6 is 11.8 Å². The monoisotopic (exact) mass is 317 g/mol. The van der Waals surface area contributed by atoms with Crippen molar-refractivity contribution >= 4 is 11.8 Å². The summed E-state index contributed by atoms with van der Waals surface area (Å²) >= 11 is 1.31. The summed E-state index contributed by atoms with van der Waals surface area (Å²) in [6.07, 6.45) is 0. The van der Waals surface area contributed by atoms with Crippen LogP contribution in [0.15, 0.2) is 27.8 Å². The number of hydrogen-bond donors (Lipinski definition) is 1. The Hall–Kier alpha value is -1.87. The molecule has 0 saturated heterocycles. The Kier molecular flexibility index (Phi) is 5.34. The number of benzene rings is 1. The fraction of sp³-hybridized carbons (Fsp3) is 0.333. The maximum atomic E-state index is 12.2. The van der Waals surface area contributed by atoms with Crippen molar-refractivity contribution in [1.82, 2.24) is 10.2 Å². The number of aromatic nitrogens is 2. The molecule has 0 aliphatic heterocycles. The molecule has 0 saturated carbocycles. The molecule has 0 aliphatic carbocycles. The molecular weight excluding hydrogens is 304 g/mol. The van der Waals surface area contributed by atoms with Crippen LogP contribution in [0, 0.1) is 0 Å². The van der Waals surface area contributed by atoms with Gasteiger partial charge < -0.3 is 19.6 Å². The Balaban J connectivity index is 2.03. The highest BCUT2D eigenvalue weighted by molar-refractivity contribution is 7.98. The summed E-state index contributed by atoms with van der Waals surface area (Å²) in [6, 6.07) is 4.71. The van der Waals surface area contributed by atoms with Gasteiger partial charge in [-0.05, 0) is 17.7 Å². The first-order valence-electron chi connectivity index (χ1n) is 5.89. The maximum Gasteiger partial charge on any atom is 0.387 e. The summed E-state index contributed by atoms with van der Waals surface area (Å²) in [5.41, 5.74) is 6.21. The summed E-state index contributed by atoms with van der Waals surface area (Å²) in [4.78, 5) is 0. The Morgan fingerprint density at radius 1 is 1.33 bits per heavy atom. The number of rotatable bonds is 7. The second-order valence-electron chi connectivity index (χ2n) is 3.82. The molecule has 2 aromatic rings. The van der Waals surface area contributed by atoms with Crippen molar-refractivity contribution in [3.63, 3.8) is 0 Å². The third kappa shape index (κ3) is 4.30. The van der Waals surface area contributed by atoms with E-state index in [1.165, 1.54) is 24.9 Å². The van der Waals surface area contributed by atoms with Crippen LogP contribution < -0.4 is 15.2 Å². The van der Waals surface area contributed by atoms with Crippen LogP contribution in [0.3, 0.4) is 0 Å². The number of thioether (sulfide) groups is 1. The summed E-state index contributed by atoms with van der Waals surface area (Å²) < 4.78 is 39.1. The molecule has 2 N–H and O–H groups in total. The van der Waals surface area contributed by atoms with Gasteiger partial charge in [0, 0.05) is 5.75 Å². The first kappa shape index (κ1) is 15.5. The maximum absolute atomic E-state index is 12.2. The number of alkyl halides is 2. The fourth-order valence-corrected chi connectivity index (χ4v) is 2.24. The lowest BCUT2D eigenvalue weighted by molar-refractivity contribution is -0.0512. The van der Waals surface area contributed by atoms with Crippen molar-refractivity contribution in [3.8, 4) is 11.5 Å². The van der Waals surface area contributed by atoms with Crippen molar-refractivity contribution in [3.05, 3.63) is 29.7 Å². The van der Waals surface area contributed by atoms with Crippen LogP contribution in [0.2, 0.25) is 0 Å². The normalized spacial score (nSPS) is 10.9. The van der Waals surface area contributed by atoms with E-state index in [0.717, 1.165) is 5.56 Å². The fourth-order valence-electron chi connectivity index (χ4n) is 1.52. The van der Waals surface area contributed by atoms with Crippen LogP contribution in [-0.2, 0) is 12.3 Å². The Labute approximate surface area is 123 Å². The van der Waals surface area contributed by atoms with E-state index < -0.39 is 6.61 Å². The minimum Gasteiger partial charge on any atom is -0.493 e. The highest BCUT2D eigenvalue weighted by Crippen LogP contribution is 2.31. The lowest BCUT2D eigenvalue weighted by atomic mass is 10.2. The zero-order valence-electron chi connectivity index (χ0n) is 11.1. The molecule has 0 amide bonds. The van der Waals surface area contributed by atoms with Gasteiger partial charge in [-0.25, -0.2) is 0 Å². The molecule has 114 valence electrons. The van der Waals surface area contributed by atoms with E-state index in [4.69, 9.17) is 14.9 Å². The molecule has 1 heterocycles. The molecule has 0 radical (unpaired) electrons. The van der Waals surface area contributed by atoms with Gasteiger partial charge in [-0.2, -0.15) is 8.78 Å². The third-order valence-electron chi connectivity index (χ3n) is 2.43. The van der Waals surface area contributed by atoms with Crippen molar-refractivity contribution in [2.75, 3.05) is 7.11 Å². The minimum atomic E-state index is -2.90. The van der Waals surface area contributed by atoms with Crippen molar-refractivity contribution in [2.45, 2.75) is 24.1 Å². The molecule has 6 nitrogen and oxygen atoms in total. The second kappa shape index (κ2) is 7.23. The average molecular weight is 317 g/mol. The average Bonchev–Trinajstić information content (AvgIpc) is 2.93. The molecule has 21 heavy (non-hydrogen) atoms. The number of nitrogens with two attached hydrogens (primary N) is 1. The largest absolute Gasteiger partial charge is 0.493 e. The third-order valence-corrected chi connectivity index (χ3v) is 3.32. The van der Waals surface area contributed by atoms with Crippen LogP contribution in [-0.4, -0.2) is 23.9 Å². The quantitative estimate of drug-likeness (QED) is 0.785. The highest BCUT2D eigenvalue weighted by Gasteiger charge is 2.12. The van der Waals surface area contributed by atoms with E-state index in [1.54, 1.807) is 12.1 Å². The first-order valence-corrected chi connectivity index (χ1v) is 6.88. The van der Waals surface area contributed by atoms with Gasteiger partial charge in [-0.3, -0.25) is 0 Å². The molecule has 1 aromatic heterocycles. The smallest absolute Gasteiger partial charge is 0.387 e. The Morgan fingerprint density at radius 3 is 2.76 bits per heavy atom. The molecule has 0 aliphatic rings. The zero-order chi connectivity index (χ0) is 15.2. The number of halogens is 2. The molecule has 1 aromatic carbocycles. The van der Waals surface area contributed by atoms with Crippen LogP contribution in [0.5, 0.6) is 11.5 Å². The van der Waals surface area contributed by atoms with E-state index in [0.29, 0.717) is 16.9 Å². The molecule has 2 rings (SSSR count). The summed E-state index contributed by atoms with van der Waals surface area (Å²) in [7, 11) is 1.39. The Bertz CT molecular complexity index is 595. The summed E-state index contributed by atoms with van der Waals surface area (Å²) in [5.74, 6) is 1.10. The Morgan fingerprint density at radius 2 is 2.14 bits per heavy atom. The van der Waals surface area contributed by atoms with E-state index in [9.17, 15) is 8.78 Å². The van der Waals surface area contributed by atoms with E-state index >= 15 is 0 Å². The molecule has 0 bridgehead atoms. The van der Waals surface area contributed by atoms with Gasteiger partial charge in [0.25, 0.3) is 5.22 Å². The SMILES string of the molecule is COc1cc(CSc2nnc(CN)o2)ccc1OC(F)F. The van der Waals surface area contributed by atoms with E-state index in [2.05, 4.69) is 14.9 Å². The summed E-state index contributed by atoms with van der Waals surface area (Å²) in [6.45, 7) is -2.71. The van der Waals surface area contributed by atoms with Crippen LogP contribution in [0.4, 0.5) is 8.78 Å². The van der Waals surface area contributed by atoms with Gasteiger partial charge in [0.15, 0.2) is 11.5 Å². The lowest BCUT2D eigenvalue weighted by Crippen LogP contribution is -2.03. The lowest BCUT2D eigenvalue weighted by Gasteiger charge is -2.10. The van der Waals surface area contributed by atoms with Gasteiger partial charge in [0.1, 0.15) is 0 Å². The van der Waals surface area contributed by atoms with Crippen LogP contribution in [0.1, 0.15) is 11.5 Å². The standard InChI is InChI=1S/C12H13F2N3O3S/c1-18-9-4-7(2-3-8(9)19-11(13)14)6-21-12-17-16-10(5-15)20-12/h2-4,11H,5-6,15H2,1H3. The molecule has 0 fully saturated rings. The minimum absolute atomic E-state index is 0.00976. The summed E-state index contributed by atoms with van der Waals surface area (Å²) in [5, 5.41) is 7.94. The van der Waals surface area contributed by atoms with Crippen LogP contribution in [0.25, 0.3) is 0 Å². The van der Waals surface area contributed by atoms with Crippen molar-refractivity contribution < 1.29 is 22.7 Å². The number of ether oxygens (including phenoxy) is 2. The van der Waals surface area contributed by atoms with Gasteiger partial charge >= 0.3 is 6.61 Å². The second-order valence-corrected chi connectivity index (χ2v) is 4.74. The number of nitrogens with zero attached hydrogens (tertiary/aromatic N) is 2. The zero-order valence-corrected chi connectivity index (χ0v) is 11.9.